The molecule has 5 nitrogen and oxygen atoms in total. The third-order valence-corrected chi connectivity index (χ3v) is 3.77. The van der Waals surface area contributed by atoms with Crippen LogP contribution in [0.5, 0.6) is 0 Å². The van der Waals surface area contributed by atoms with Gasteiger partial charge < -0.3 is 5.32 Å². The first-order valence-corrected chi connectivity index (χ1v) is 6.79. The maximum absolute atomic E-state index is 10.7. The van der Waals surface area contributed by atoms with Crippen LogP contribution in [0.1, 0.15) is 20.3 Å². The molecule has 1 N–H and O–H groups in total. The normalized spacial score (nSPS) is 19.9. The molecule has 0 spiro atoms. The monoisotopic (exact) mass is 283 g/mol. The molecule has 1 aromatic carbocycles. The molecule has 0 saturated carbocycles. The summed E-state index contributed by atoms with van der Waals surface area (Å²) in [5.41, 5.74) is 0.786. The molecule has 1 aliphatic heterocycles. The molecular formula is C13H18ClN3O2. The minimum Gasteiger partial charge on any atom is -0.381 e. The van der Waals surface area contributed by atoms with E-state index < -0.39 is 4.92 Å². The van der Waals surface area contributed by atoms with Crippen molar-refractivity contribution in [3.05, 3.63) is 33.3 Å². The lowest BCUT2D eigenvalue weighted by Crippen LogP contribution is -2.31. The molecule has 0 bridgehead atoms. The minimum atomic E-state index is -0.470. The topological polar surface area (TPSA) is 58.4 Å². The van der Waals surface area contributed by atoms with Crippen molar-refractivity contribution >= 4 is 23.0 Å². The summed E-state index contributed by atoms with van der Waals surface area (Å²) >= 11 is 5.90. The highest BCUT2D eigenvalue weighted by atomic mass is 35.5. The second-order valence-electron chi connectivity index (χ2n) is 5.14. The average molecular weight is 284 g/mol. The average Bonchev–Trinajstić information content (AvgIpc) is 2.77. The quantitative estimate of drug-likeness (QED) is 0.681. The van der Waals surface area contributed by atoms with Crippen molar-refractivity contribution in [2.24, 2.45) is 0 Å². The molecule has 1 heterocycles. The number of nitrogens with zero attached hydrogens (tertiary/aromatic N) is 2. The Hall–Kier alpha value is -1.33. The van der Waals surface area contributed by atoms with Gasteiger partial charge >= 0.3 is 0 Å². The number of nitrogens with one attached hydrogen (secondary N) is 1. The van der Waals surface area contributed by atoms with Gasteiger partial charge in [-0.3, -0.25) is 15.0 Å². The van der Waals surface area contributed by atoms with Gasteiger partial charge in [0, 0.05) is 36.9 Å². The van der Waals surface area contributed by atoms with Crippen LogP contribution in [0.3, 0.4) is 0 Å². The zero-order chi connectivity index (χ0) is 14.0. The van der Waals surface area contributed by atoms with E-state index in [0.29, 0.717) is 12.1 Å². The number of hydrogen-bond acceptors (Lipinski definition) is 4. The standard InChI is InChI=1S/C13H18ClN3O2/c1-9(2)16-6-5-11(8-16)15-10-3-4-13(17(18)19)12(14)7-10/h3-4,7,9,11,15H,5-6,8H2,1-2H3. The third-order valence-electron chi connectivity index (χ3n) is 3.47. The van der Waals surface area contributed by atoms with E-state index in [-0.39, 0.29) is 10.7 Å². The summed E-state index contributed by atoms with van der Waals surface area (Å²) < 4.78 is 0. The summed E-state index contributed by atoms with van der Waals surface area (Å²) in [4.78, 5) is 12.6. The van der Waals surface area contributed by atoms with Crippen LogP contribution in [0.25, 0.3) is 0 Å². The Morgan fingerprint density at radius 1 is 1.53 bits per heavy atom. The molecule has 0 aromatic heterocycles. The molecule has 104 valence electrons. The molecule has 2 rings (SSSR count). The maximum atomic E-state index is 10.7. The van der Waals surface area contributed by atoms with Crippen molar-refractivity contribution in [1.82, 2.24) is 4.90 Å². The lowest BCUT2D eigenvalue weighted by molar-refractivity contribution is -0.384. The Morgan fingerprint density at radius 2 is 2.26 bits per heavy atom. The fourth-order valence-corrected chi connectivity index (χ4v) is 2.60. The number of halogens is 1. The third kappa shape index (κ3) is 3.36. The highest BCUT2D eigenvalue weighted by Crippen LogP contribution is 2.28. The molecule has 1 unspecified atom stereocenters. The van der Waals surface area contributed by atoms with Crippen LogP contribution >= 0.6 is 11.6 Å². The van der Waals surface area contributed by atoms with E-state index in [1.165, 1.54) is 6.07 Å². The van der Waals surface area contributed by atoms with Gasteiger partial charge in [0.1, 0.15) is 5.02 Å². The van der Waals surface area contributed by atoms with Crippen LogP contribution in [0.4, 0.5) is 11.4 Å². The first-order valence-electron chi connectivity index (χ1n) is 6.42. The molecule has 0 amide bonds. The molecule has 1 aromatic rings. The van der Waals surface area contributed by atoms with Crippen LogP contribution in [0, 0.1) is 10.1 Å². The highest BCUT2D eigenvalue weighted by Gasteiger charge is 2.24. The van der Waals surface area contributed by atoms with E-state index in [9.17, 15) is 10.1 Å². The van der Waals surface area contributed by atoms with E-state index in [1.54, 1.807) is 12.1 Å². The van der Waals surface area contributed by atoms with Crippen LogP contribution in [-0.4, -0.2) is 35.0 Å². The summed E-state index contributed by atoms with van der Waals surface area (Å²) in [6.45, 7) is 6.44. The van der Waals surface area contributed by atoms with Crippen LogP contribution < -0.4 is 5.32 Å². The van der Waals surface area contributed by atoms with Crippen molar-refractivity contribution in [2.75, 3.05) is 18.4 Å². The predicted molar refractivity (Wildman–Crippen MR) is 76.8 cm³/mol. The predicted octanol–water partition coefficient (Wildman–Crippen LogP) is 3.14. The molecular weight excluding hydrogens is 266 g/mol. The Balaban J connectivity index is 2.01. The summed E-state index contributed by atoms with van der Waals surface area (Å²) in [6.07, 6.45) is 1.08. The Bertz CT molecular complexity index is 479. The van der Waals surface area contributed by atoms with E-state index in [2.05, 4.69) is 24.1 Å². The lowest BCUT2D eigenvalue weighted by atomic mass is 10.2. The zero-order valence-electron chi connectivity index (χ0n) is 11.1. The van der Waals surface area contributed by atoms with Gasteiger partial charge in [0.25, 0.3) is 5.69 Å². The Kier molecular flexibility index (Phi) is 4.27. The second kappa shape index (κ2) is 5.75. The summed E-state index contributed by atoms with van der Waals surface area (Å²) in [7, 11) is 0. The summed E-state index contributed by atoms with van der Waals surface area (Å²) in [5.74, 6) is 0. The molecule has 6 heteroatoms. The van der Waals surface area contributed by atoms with Crippen LogP contribution in [-0.2, 0) is 0 Å². The zero-order valence-corrected chi connectivity index (χ0v) is 11.9. The molecule has 1 aliphatic rings. The van der Waals surface area contributed by atoms with Crippen molar-refractivity contribution < 1.29 is 4.92 Å². The smallest absolute Gasteiger partial charge is 0.288 e. The lowest BCUT2D eigenvalue weighted by Gasteiger charge is -2.20. The maximum Gasteiger partial charge on any atom is 0.288 e. The van der Waals surface area contributed by atoms with E-state index in [1.807, 2.05) is 0 Å². The van der Waals surface area contributed by atoms with Gasteiger partial charge in [-0.05, 0) is 32.4 Å². The number of nitro benzene ring substituents is 1. The first kappa shape index (κ1) is 14.1. The molecule has 0 aliphatic carbocycles. The van der Waals surface area contributed by atoms with Gasteiger partial charge in [0.15, 0.2) is 0 Å². The van der Waals surface area contributed by atoms with E-state index in [4.69, 9.17) is 11.6 Å². The molecule has 1 fully saturated rings. The second-order valence-corrected chi connectivity index (χ2v) is 5.55. The number of hydrogen-bond donors (Lipinski definition) is 1. The number of anilines is 1. The van der Waals surface area contributed by atoms with Crippen molar-refractivity contribution in [3.63, 3.8) is 0 Å². The fourth-order valence-electron chi connectivity index (χ4n) is 2.35. The van der Waals surface area contributed by atoms with Crippen molar-refractivity contribution in [2.45, 2.75) is 32.4 Å². The van der Waals surface area contributed by atoms with Gasteiger partial charge in [-0.1, -0.05) is 11.6 Å². The largest absolute Gasteiger partial charge is 0.381 e. The number of rotatable bonds is 4. The minimum absolute atomic E-state index is 0.0533. The fraction of sp³-hybridized carbons (Fsp3) is 0.538. The van der Waals surface area contributed by atoms with Crippen molar-refractivity contribution in [3.8, 4) is 0 Å². The van der Waals surface area contributed by atoms with E-state index in [0.717, 1.165) is 25.2 Å². The Morgan fingerprint density at radius 3 is 2.79 bits per heavy atom. The molecule has 0 radical (unpaired) electrons. The van der Waals surface area contributed by atoms with Gasteiger partial charge in [-0.15, -0.1) is 0 Å². The van der Waals surface area contributed by atoms with Crippen LogP contribution in [0.15, 0.2) is 18.2 Å². The van der Waals surface area contributed by atoms with Crippen LogP contribution in [0.2, 0.25) is 5.02 Å². The first-order chi connectivity index (χ1) is 8.97. The SMILES string of the molecule is CC(C)N1CCC(Nc2ccc([N+](=O)[O-])c(Cl)c2)C1. The Labute approximate surface area is 117 Å². The highest BCUT2D eigenvalue weighted by molar-refractivity contribution is 6.32. The van der Waals surface area contributed by atoms with Gasteiger partial charge in [0.2, 0.25) is 0 Å². The molecule has 1 atom stereocenters. The summed E-state index contributed by atoms with van der Waals surface area (Å²) in [5, 5.41) is 14.2. The van der Waals surface area contributed by atoms with Gasteiger partial charge in [-0.2, -0.15) is 0 Å². The van der Waals surface area contributed by atoms with Gasteiger partial charge in [0.05, 0.1) is 4.92 Å². The number of likely N-dealkylation sites (tertiary alicyclic amines) is 1. The van der Waals surface area contributed by atoms with E-state index >= 15 is 0 Å². The number of benzene rings is 1. The summed E-state index contributed by atoms with van der Waals surface area (Å²) in [6, 6.07) is 5.70. The molecule has 1 saturated heterocycles. The number of nitro groups is 1. The van der Waals surface area contributed by atoms with Crippen molar-refractivity contribution in [1.29, 1.82) is 0 Å². The molecule has 19 heavy (non-hydrogen) atoms. The van der Waals surface area contributed by atoms with Gasteiger partial charge in [-0.25, -0.2) is 0 Å².